The van der Waals surface area contributed by atoms with Gasteiger partial charge in [-0.2, -0.15) is 0 Å². The number of amides is 1. The van der Waals surface area contributed by atoms with Crippen LogP contribution in [0.15, 0.2) is 28.7 Å². The van der Waals surface area contributed by atoms with Gasteiger partial charge in [0.05, 0.1) is 12.2 Å². The van der Waals surface area contributed by atoms with Crippen molar-refractivity contribution in [1.82, 2.24) is 10.3 Å². The molecule has 5 heteroatoms. The van der Waals surface area contributed by atoms with Gasteiger partial charge in [0.15, 0.2) is 0 Å². The van der Waals surface area contributed by atoms with E-state index in [9.17, 15) is 4.79 Å². The maximum atomic E-state index is 12.1. The molecule has 0 spiro atoms. The molecule has 0 unspecified atom stereocenters. The Bertz CT molecular complexity index is 688. The van der Waals surface area contributed by atoms with E-state index in [0.29, 0.717) is 17.0 Å². The largest absolute Gasteiger partial charge is 0.444 e. The Labute approximate surface area is 123 Å². The molecule has 1 aromatic carbocycles. The van der Waals surface area contributed by atoms with E-state index in [0.717, 1.165) is 11.5 Å². The summed E-state index contributed by atoms with van der Waals surface area (Å²) >= 11 is 0. The fourth-order valence-corrected chi connectivity index (χ4v) is 1.75. The van der Waals surface area contributed by atoms with Crippen molar-refractivity contribution in [3.05, 3.63) is 52.7 Å². The molecular formula is C16H16N2O3. The number of aryl methyl sites for hydroxylation is 2. The van der Waals surface area contributed by atoms with Gasteiger partial charge in [-0.25, -0.2) is 4.98 Å². The van der Waals surface area contributed by atoms with Crippen LogP contribution in [-0.4, -0.2) is 22.6 Å². The molecule has 2 N–H and O–H groups in total. The lowest BCUT2D eigenvalue weighted by Crippen LogP contribution is -2.23. The number of aliphatic hydroxyl groups excluding tert-OH is 1. The standard InChI is InChI=1S/C16H16N2O3/c1-11-12(2)21-15(18-11)10-17-16(20)14-7-3-5-13(9-14)6-4-8-19/h3,5,7,9,19H,8,10H2,1-2H3,(H,17,20). The lowest BCUT2D eigenvalue weighted by atomic mass is 10.1. The molecule has 0 bridgehead atoms. The van der Waals surface area contributed by atoms with Crippen LogP contribution >= 0.6 is 0 Å². The van der Waals surface area contributed by atoms with Gasteiger partial charge in [0.1, 0.15) is 12.4 Å². The Morgan fingerprint density at radius 2 is 2.24 bits per heavy atom. The van der Waals surface area contributed by atoms with Crippen LogP contribution in [0.2, 0.25) is 0 Å². The quantitative estimate of drug-likeness (QED) is 0.839. The van der Waals surface area contributed by atoms with Crippen LogP contribution in [0.25, 0.3) is 0 Å². The zero-order valence-electron chi connectivity index (χ0n) is 11.9. The van der Waals surface area contributed by atoms with Crippen molar-refractivity contribution < 1.29 is 14.3 Å². The highest BCUT2D eigenvalue weighted by Gasteiger charge is 2.09. The molecule has 2 rings (SSSR count). The number of rotatable bonds is 3. The van der Waals surface area contributed by atoms with Gasteiger partial charge in [-0.05, 0) is 32.0 Å². The fourth-order valence-electron chi connectivity index (χ4n) is 1.75. The van der Waals surface area contributed by atoms with Crippen LogP contribution in [0, 0.1) is 25.7 Å². The van der Waals surface area contributed by atoms with Gasteiger partial charge >= 0.3 is 0 Å². The SMILES string of the molecule is Cc1nc(CNC(=O)c2cccc(C#CCO)c2)oc1C. The number of benzene rings is 1. The average molecular weight is 284 g/mol. The molecule has 2 aromatic rings. The maximum absolute atomic E-state index is 12.1. The fraction of sp³-hybridized carbons (Fsp3) is 0.250. The van der Waals surface area contributed by atoms with Crippen molar-refractivity contribution in [3.8, 4) is 11.8 Å². The number of nitrogens with one attached hydrogen (secondary N) is 1. The van der Waals surface area contributed by atoms with Gasteiger partial charge in [0.2, 0.25) is 5.89 Å². The van der Waals surface area contributed by atoms with Crippen molar-refractivity contribution in [2.24, 2.45) is 0 Å². The maximum Gasteiger partial charge on any atom is 0.251 e. The molecule has 0 fully saturated rings. The number of oxazole rings is 1. The number of hydrogen-bond acceptors (Lipinski definition) is 4. The molecular weight excluding hydrogens is 268 g/mol. The lowest BCUT2D eigenvalue weighted by Gasteiger charge is -2.03. The lowest BCUT2D eigenvalue weighted by molar-refractivity contribution is 0.0947. The summed E-state index contributed by atoms with van der Waals surface area (Å²) in [5.41, 5.74) is 2.00. The highest BCUT2D eigenvalue weighted by Crippen LogP contribution is 2.09. The third-order valence-corrected chi connectivity index (χ3v) is 2.91. The Kier molecular flexibility index (Phi) is 4.75. The van der Waals surface area contributed by atoms with Crippen LogP contribution in [0.4, 0.5) is 0 Å². The Morgan fingerprint density at radius 1 is 1.43 bits per heavy atom. The number of nitrogens with zero attached hydrogens (tertiary/aromatic N) is 1. The topological polar surface area (TPSA) is 75.4 Å². The molecule has 0 aliphatic heterocycles. The summed E-state index contributed by atoms with van der Waals surface area (Å²) in [6, 6.07) is 6.89. The van der Waals surface area contributed by atoms with Crippen molar-refractivity contribution >= 4 is 5.91 Å². The predicted molar refractivity (Wildman–Crippen MR) is 77.6 cm³/mol. The van der Waals surface area contributed by atoms with Gasteiger partial charge in [-0.15, -0.1) is 0 Å². The monoisotopic (exact) mass is 284 g/mol. The molecule has 0 aliphatic carbocycles. The summed E-state index contributed by atoms with van der Waals surface area (Å²) in [5.74, 6) is 6.32. The normalized spacial score (nSPS) is 9.86. The summed E-state index contributed by atoms with van der Waals surface area (Å²) in [7, 11) is 0. The zero-order chi connectivity index (χ0) is 15.2. The highest BCUT2D eigenvalue weighted by molar-refractivity contribution is 5.94. The molecule has 21 heavy (non-hydrogen) atoms. The summed E-state index contributed by atoms with van der Waals surface area (Å²) in [4.78, 5) is 16.3. The predicted octanol–water partition coefficient (Wildman–Crippen LogP) is 1.57. The van der Waals surface area contributed by atoms with E-state index < -0.39 is 0 Å². The van der Waals surface area contributed by atoms with E-state index in [2.05, 4.69) is 22.1 Å². The third kappa shape index (κ3) is 3.94. The minimum Gasteiger partial charge on any atom is -0.444 e. The van der Waals surface area contributed by atoms with Crippen molar-refractivity contribution in [2.45, 2.75) is 20.4 Å². The number of aromatic nitrogens is 1. The van der Waals surface area contributed by atoms with Gasteiger partial charge < -0.3 is 14.8 Å². The summed E-state index contributed by atoms with van der Waals surface area (Å²) < 4.78 is 5.40. The van der Waals surface area contributed by atoms with Crippen molar-refractivity contribution in [1.29, 1.82) is 0 Å². The smallest absolute Gasteiger partial charge is 0.251 e. The first-order valence-corrected chi connectivity index (χ1v) is 6.51. The number of carbonyl (C=O) groups excluding carboxylic acids is 1. The molecule has 0 saturated heterocycles. The van der Waals surface area contributed by atoms with E-state index >= 15 is 0 Å². The molecule has 1 aromatic heterocycles. The number of aliphatic hydroxyl groups is 1. The van der Waals surface area contributed by atoms with Gasteiger partial charge in [-0.3, -0.25) is 4.79 Å². The minimum atomic E-state index is -0.226. The Hall–Kier alpha value is -2.58. The Balaban J connectivity index is 2.03. The van der Waals surface area contributed by atoms with E-state index in [1.807, 2.05) is 13.8 Å². The summed E-state index contributed by atoms with van der Waals surface area (Å²) in [5, 5.41) is 11.4. The molecule has 1 heterocycles. The number of carbonyl (C=O) groups is 1. The average Bonchev–Trinajstić information content (AvgIpc) is 2.81. The summed E-state index contributed by atoms with van der Waals surface area (Å²) in [6.07, 6.45) is 0. The molecule has 0 atom stereocenters. The van der Waals surface area contributed by atoms with Crippen molar-refractivity contribution in [2.75, 3.05) is 6.61 Å². The molecule has 108 valence electrons. The first-order chi connectivity index (χ1) is 10.1. The van der Waals surface area contributed by atoms with Crippen molar-refractivity contribution in [3.63, 3.8) is 0 Å². The molecule has 5 nitrogen and oxygen atoms in total. The second-order valence-electron chi connectivity index (χ2n) is 4.47. The van der Waals surface area contributed by atoms with E-state index in [4.69, 9.17) is 9.52 Å². The second kappa shape index (κ2) is 6.73. The molecule has 0 saturated carbocycles. The first-order valence-electron chi connectivity index (χ1n) is 6.51. The first kappa shape index (κ1) is 14.8. The van der Waals surface area contributed by atoms with Crippen LogP contribution in [-0.2, 0) is 6.54 Å². The van der Waals surface area contributed by atoms with E-state index in [-0.39, 0.29) is 19.1 Å². The second-order valence-corrected chi connectivity index (χ2v) is 4.47. The minimum absolute atomic E-state index is 0.209. The third-order valence-electron chi connectivity index (χ3n) is 2.91. The van der Waals surface area contributed by atoms with Crippen LogP contribution in [0.1, 0.15) is 33.3 Å². The van der Waals surface area contributed by atoms with Gasteiger partial charge in [0.25, 0.3) is 5.91 Å². The van der Waals surface area contributed by atoms with Crippen LogP contribution < -0.4 is 5.32 Å². The zero-order valence-corrected chi connectivity index (χ0v) is 11.9. The van der Waals surface area contributed by atoms with Gasteiger partial charge in [-0.1, -0.05) is 17.9 Å². The van der Waals surface area contributed by atoms with E-state index in [1.165, 1.54) is 0 Å². The van der Waals surface area contributed by atoms with Crippen LogP contribution in [0.3, 0.4) is 0 Å². The molecule has 0 aliphatic rings. The molecule has 0 radical (unpaired) electrons. The molecule has 1 amide bonds. The van der Waals surface area contributed by atoms with Gasteiger partial charge in [0, 0.05) is 11.1 Å². The summed E-state index contributed by atoms with van der Waals surface area (Å²) in [6.45, 7) is 3.71. The van der Waals surface area contributed by atoms with E-state index in [1.54, 1.807) is 24.3 Å². The van der Waals surface area contributed by atoms with Crippen LogP contribution in [0.5, 0.6) is 0 Å². The highest BCUT2D eigenvalue weighted by atomic mass is 16.4. The number of hydrogen-bond donors (Lipinski definition) is 2. The Morgan fingerprint density at radius 3 is 2.90 bits per heavy atom.